The second kappa shape index (κ2) is 6.52. The lowest BCUT2D eigenvalue weighted by atomic mass is 10.1. The van der Waals surface area contributed by atoms with Gasteiger partial charge in [0.15, 0.2) is 11.5 Å². The van der Waals surface area contributed by atoms with Crippen molar-refractivity contribution < 1.29 is 14.2 Å². The maximum Gasteiger partial charge on any atom is 0.161 e. The van der Waals surface area contributed by atoms with Crippen LogP contribution < -0.4 is 14.2 Å². The Labute approximate surface area is 134 Å². The van der Waals surface area contributed by atoms with Gasteiger partial charge in [0.25, 0.3) is 0 Å². The summed E-state index contributed by atoms with van der Waals surface area (Å²) in [5.74, 6) is 2.94. The molecule has 0 bridgehead atoms. The second-order valence-electron chi connectivity index (χ2n) is 5.08. The van der Waals surface area contributed by atoms with Gasteiger partial charge in [-0.15, -0.1) is 0 Å². The summed E-state index contributed by atoms with van der Waals surface area (Å²) in [5.41, 5.74) is 1.93. The highest BCUT2D eigenvalue weighted by Crippen LogP contribution is 2.28. The van der Waals surface area contributed by atoms with Crippen LogP contribution in [0.3, 0.4) is 0 Å². The minimum atomic E-state index is 0.619. The maximum atomic E-state index is 5.33. The molecular weight excluding hydrogens is 292 g/mol. The Kier molecular flexibility index (Phi) is 4.28. The molecule has 0 saturated carbocycles. The van der Waals surface area contributed by atoms with Crippen molar-refractivity contribution in [2.75, 3.05) is 21.3 Å². The average Bonchev–Trinajstić information content (AvgIpc) is 2.60. The molecule has 0 aliphatic carbocycles. The fourth-order valence-electron chi connectivity index (χ4n) is 2.43. The normalized spacial score (nSPS) is 10.6. The van der Waals surface area contributed by atoms with Gasteiger partial charge in [-0.3, -0.25) is 0 Å². The van der Waals surface area contributed by atoms with Crippen molar-refractivity contribution in [3.05, 3.63) is 54.0 Å². The SMILES string of the molecule is COc1ccc2cnc(Cc3ccc(OC)c(OC)c3)nc2c1. The van der Waals surface area contributed by atoms with Crippen LogP contribution in [0.5, 0.6) is 17.2 Å². The lowest BCUT2D eigenvalue weighted by molar-refractivity contribution is 0.354. The van der Waals surface area contributed by atoms with Crippen LogP contribution in [0.1, 0.15) is 11.4 Å². The quantitative estimate of drug-likeness (QED) is 0.724. The minimum absolute atomic E-state index is 0.619. The van der Waals surface area contributed by atoms with Crippen LogP contribution >= 0.6 is 0 Å². The van der Waals surface area contributed by atoms with E-state index in [0.29, 0.717) is 17.9 Å². The number of rotatable bonds is 5. The van der Waals surface area contributed by atoms with E-state index >= 15 is 0 Å². The summed E-state index contributed by atoms with van der Waals surface area (Å²) in [5, 5.41) is 0.988. The Morgan fingerprint density at radius 3 is 2.43 bits per heavy atom. The van der Waals surface area contributed by atoms with E-state index in [1.54, 1.807) is 21.3 Å². The Hall–Kier alpha value is -2.82. The van der Waals surface area contributed by atoms with Crippen LogP contribution in [-0.4, -0.2) is 31.3 Å². The van der Waals surface area contributed by atoms with Crippen molar-refractivity contribution in [3.8, 4) is 17.2 Å². The van der Waals surface area contributed by atoms with Gasteiger partial charge in [0.2, 0.25) is 0 Å². The van der Waals surface area contributed by atoms with Gasteiger partial charge in [0.05, 0.1) is 26.8 Å². The topological polar surface area (TPSA) is 53.5 Å². The summed E-state index contributed by atoms with van der Waals surface area (Å²) in [6.45, 7) is 0. The van der Waals surface area contributed by atoms with E-state index in [1.807, 2.05) is 42.6 Å². The van der Waals surface area contributed by atoms with Gasteiger partial charge in [0.1, 0.15) is 11.6 Å². The van der Waals surface area contributed by atoms with Crippen LogP contribution in [0.25, 0.3) is 10.9 Å². The molecule has 0 atom stereocenters. The summed E-state index contributed by atoms with van der Waals surface area (Å²) >= 11 is 0. The van der Waals surface area contributed by atoms with Crippen LogP contribution in [0.15, 0.2) is 42.6 Å². The molecule has 0 aliphatic rings. The van der Waals surface area contributed by atoms with Crippen LogP contribution in [0, 0.1) is 0 Å². The molecule has 0 spiro atoms. The Morgan fingerprint density at radius 1 is 0.870 bits per heavy atom. The first-order valence-electron chi connectivity index (χ1n) is 7.24. The molecule has 1 heterocycles. The molecule has 118 valence electrons. The predicted octanol–water partition coefficient (Wildman–Crippen LogP) is 3.25. The molecule has 0 radical (unpaired) electrons. The lowest BCUT2D eigenvalue weighted by Gasteiger charge is -2.09. The highest BCUT2D eigenvalue weighted by molar-refractivity contribution is 5.79. The van der Waals surface area contributed by atoms with Crippen molar-refractivity contribution in [1.29, 1.82) is 0 Å². The average molecular weight is 310 g/mol. The van der Waals surface area contributed by atoms with Crippen molar-refractivity contribution in [2.24, 2.45) is 0 Å². The van der Waals surface area contributed by atoms with Crippen LogP contribution in [0.4, 0.5) is 0 Å². The Balaban J connectivity index is 1.91. The summed E-state index contributed by atoms with van der Waals surface area (Å²) in [4.78, 5) is 9.05. The standard InChI is InChI=1S/C18H18N2O3/c1-21-14-6-5-13-11-19-18(20-15(13)10-14)9-12-4-7-16(22-2)17(8-12)23-3/h4-8,10-11H,9H2,1-3H3. The fourth-order valence-corrected chi connectivity index (χ4v) is 2.43. The smallest absolute Gasteiger partial charge is 0.161 e. The van der Waals surface area contributed by atoms with E-state index < -0.39 is 0 Å². The fraction of sp³-hybridized carbons (Fsp3) is 0.222. The third kappa shape index (κ3) is 3.18. The Morgan fingerprint density at radius 2 is 1.70 bits per heavy atom. The number of fused-ring (bicyclic) bond motifs is 1. The first kappa shape index (κ1) is 15.1. The van der Waals surface area contributed by atoms with Crippen LogP contribution in [-0.2, 0) is 6.42 Å². The van der Waals surface area contributed by atoms with Gasteiger partial charge in [-0.1, -0.05) is 6.07 Å². The molecule has 5 heteroatoms. The minimum Gasteiger partial charge on any atom is -0.497 e. The molecule has 0 fully saturated rings. The zero-order valence-corrected chi connectivity index (χ0v) is 13.4. The van der Waals surface area contributed by atoms with Crippen molar-refractivity contribution in [1.82, 2.24) is 9.97 Å². The monoisotopic (exact) mass is 310 g/mol. The number of ether oxygens (including phenoxy) is 3. The summed E-state index contributed by atoms with van der Waals surface area (Å²) in [6, 6.07) is 11.6. The predicted molar refractivity (Wildman–Crippen MR) is 88.4 cm³/mol. The molecule has 0 saturated heterocycles. The van der Waals surface area contributed by atoms with Gasteiger partial charge >= 0.3 is 0 Å². The van der Waals surface area contributed by atoms with Gasteiger partial charge in [-0.05, 0) is 29.8 Å². The molecule has 2 aromatic carbocycles. The summed E-state index contributed by atoms with van der Waals surface area (Å²) in [6.07, 6.45) is 2.45. The van der Waals surface area contributed by atoms with E-state index in [-0.39, 0.29) is 0 Å². The van der Waals surface area contributed by atoms with Crippen LogP contribution in [0.2, 0.25) is 0 Å². The molecule has 0 aliphatic heterocycles. The zero-order valence-electron chi connectivity index (χ0n) is 13.4. The third-order valence-corrected chi connectivity index (χ3v) is 3.65. The number of aromatic nitrogens is 2. The first-order chi connectivity index (χ1) is 11.2. The number of hydrogen-bond donors (Lipinski definition) is 0. The number of methoxy groups -OCH3 is 3. The number of nitrogens with zero attached hydrogens (tertiary/aromatic N) is 2. The largest absolute Gasteiger partial charge is 0.497 e. The third-order valence-electron chi connectivity index (χ3n) is 3.65. The van der Waals surface area contributed by atoms with Crippen molar-refractivity contribution in [3.63, 3.8) is 0 Å². The molecular formula is C18H18N2O3. The molecule has 23 heavy (non-hydrogen) atoms. The molecule has 3 rings (SSSR count). The second-order valence-corrected chi connectivity index (χ2v) is 5.08. The van der Waals surface area contributed by atoms with Gasteiger partial charge in [-0.2, -0.15) is 0 Å². The molecule has 0 N–H and O–H groups in total. The highest BCUT2D eigenvalue weighted by atomic mass is 16.5. The summed E-state index contributed by atoms with van der Waals surface area (Å²) in [7, 11) is 4.89. The van der Waals surface area contributed by atoms with Gasteiger partial charge in [-0.25, -0.2) is 9.97 Å². The van der Waals surface area contributed by atoms with E-state index in [2.05, 4.69) is 9.97 Å². The molecule has 0 amide bonds. The highest BCUT2D eigenvalue weighted by Gasteiger charge is 2.07. The maximum absolute atomic E-state index is 5.33. The van der Waals surface area contributed by atoms with Gasteiger partial charge < -0.3 is 14.2 Å². The molecule has 0 unspecified atom stereocenters. The lowest BCUT2D eigenvalue weighted by Crippen LogP contribution is -1.98. The van der Waals surface area contributed by atoms with Gasteiger partial charge in [0, 0.05) is 24.1 Å². The summed E-state index contributed by atoms with van der Waals surface area (Å²) < 4.78 is 15.8. The van der Waals surface area contributed by atoms with E-state index in [9.17, 15) is 0 Å². The molecule has 3 aromatic rings. The Bertz CT molecular complexity index is 834. The van der Waals surface area contributed by atoms with Crippen molar-refractivity contribution in [2.45, 2.75) is 6.42 Å². The van der Waals surface area contributed by atoms with E-state index in [0.717, 1.165) is 28.0 Å². The first-order valence-corrected chi connectivity index (χ1v) is 7.24. The number of benzene rings is 2. The van der Waals surface area contributed by atoms with E-state index in [4.69, 9.17) is 14.2 Å². The number of hydrogen-bond acceptors (Lipinski definition) is 5. The molecule has 1 aromatic heterocycles. The zero-order chi connectivity index (χ0) is 16.2. The van der Waals surface area contributed by atoms with Crippen molar-refractivity contribution >= 4 is 10.9 Å². The molecule has 5 nitrogen and oxygen atoms in total. The van der Waals surface area contributed by atoms with E-state index in [1.165, 1.54) is 0 Å².